The predicted molar refractivity (Wildman–Crippen MR) is 186 cm³/mol. The first-order chi connectivity index (χ1) is 21.3. The smallest absolute Gasteiger partial charge is 0.125 e. The van der Waals surface area contributed by atoms with Crippen LogP contribution in [0.4, 0.5) is 0 Å². The number of nitrogens with zero attached hydrogens (tertiary/aromatic N) is 1. The monoisotopic (exact) mass is 563 g/mol. The molecule has 2 aromatic heterocycles. The minimum atomic E-state index is 1.04. The zero-order chi connectivity index (χ0) is 28.3. The summed E-state index contributed by atoms with van der Waals surface area (Å²) in [6.45, 7) is 0. The fourth-order valence-corrected chi connectivity index (χ4v) is 7.93. The van der Waals surface area contributed by atoms with Gasteiger partial charge in [-0.05, 0) is 61.5 Å². The number of benzene rings is 7. The van der Waals surface area contributed by atoms with Crippen molar-refractivity contribution in [2.45, 2.75) is 0 Å². The van der Waals surface area contributed by atoms with Gasteiger partial charge in [-0.25, -0.2) is 4.98 Å². The van der Waals surface area contributed by atoms with E-state index in [-0.39, 0.29) is 0 Å². The second kappa shape index (κ2) is 9.62. The summed E-state index contributed by atoms with van der Waals surface area (Å²) in [6.07, 6.45) is 0. The van der Waals surface area contributed by atoms with Crippen molar-refractivity contribution in [2.75, 3.05) is 0 Å². The average Bonchev–Trinajstić information content (AvgIpc) is 3.44. The van der Waals surface area contributed by atoms with Crippen molar-refractivity contribution in [3.05, 3.63) is 152 Å². The Kier molecular flexibility index (Phi) is 5.44. The van der Waals surface area contributed by atoms with Crippen molar-refractivity contribution in [1.82, 2.24) is 4.98 Å². The molecule has 0 bridgehead atoms. The van der Waals surface area contributed by atoms with Crippen molar-refractivity contribution < 1.29 is 0 Å². The lowest BCUT2D eigenvalue weighted by atomic mass is 9.85. The maximum absolute atomic E-state index is 5.09. The third kappa shape index (κ3) is 3.74. The van der Waals surface area contributed by atoms with Gasteiger partial charge in [0.25, 0.3) is 0 Å². The van der Waals surface area contributed by atoms with E-state index in [9.17, 15) is 0 Å². The number of hydrogen-bond acceptors (Lipinski definition) is 2. The van der Waals surface area contributed by atoms with E-state index in [2.05, 4.69) is 152 Å². The summed E-state index contributed by atoms with van der Waals surface area (Å²) in [4.78, 5) is 6.18. The van der Waals surface area contributed by atoms with E-state index in [1.54, 1.807) is 11.3 Å². The molecule has 0 atom stereocenters. The van der Waals surface area contributed by atoms with Crippen LogP contribution in [0.15, 0.2) is 152 Å². The van der Waals surface area contributed by atoms with Crippen LogP contribution in [0.5, 0.6) is 0 Å². The molecule has 200 valence electrons. The number of hydrogen-bond donors (Lipinski definition) is 0. The van der Waals surface area contributed by atoms with Gasteiger partial charge in [0.05, 0.1) is 5.52 Å². The fourth-order valence-electron chi connectivity index (χ4n) is 6.84. The molecule has 9 aromatic rings. The van der Waals surface area contributed by atoms with Gasteiger partial charge in [0.2, 0.25) is 0 Å². The molecule has 43 heavy (non-hydrogen) atoms. The highest BCUT2D eigenvalue weighted by atomic mass is 32.1. The molecule has 0 saturated heterocycles. The predicted octanol–water partition coefficient (Wildman–Crippen LogP) is 11.9. The molecule has 9 rings (SSSR count). The van der Waals surface area contributed by atoms with Crippen molar-refractivity contribution in [2.24, 2.45) is 0 Å². The molecule has 7 aromatic carbocycles. The molecule has 2 heteroatoms. The maximum Gasteiger partial charge on any atom is 0.125 e. The standard InChI is InChI=1S/C41H25NS/c1-2-12-26(13-3-1)37-29-14-4-6-16-31(29)38(32-17-7-5-15-30(32)37)27-22-24-28(25-23-27)39-33-18-8-10-20-35(33)42-41-40(39)34-19-9-11-21-36(34)43-41/h1-25H. The third-order valence-electron chi connectivity index (χ3n) is 8.68. The van der Waals surface area contributed by atoms with Gasteiger partial charge >= 0.3 is 0 Å². The number of rotatable bonds is 3. The van der Waals surface area contributed by atoms with Crippen LogP contribution in [0.2, 0.25) is 0 Å². The van der Waals surface area contributed by atoms with Crippen LogP contribution in [0.3, 0.4) is 0 Å². The SMILES string of the molecule is c1ccc(-c2c3ccccc3c(-c3ccc(-c4c5ccccc5nc5sc6ccccc6c45)cc3)c3ccccc23)cc1. The molecular formula is C41H25NS. The van der Waals surface area contributed by atoms with E-state index in [1.165, 1.54) is 75.8 Å². The van der Waals surface area contributed by atoms with Crippen LogP contribution >= 0.6 is 11.3 Å². The highest BCUT2D eigenvalue weighted by Crippen LogP contribution is 2.46. The van der Waals surface area contributed by atoms with Gasteiger partial charge in [-0.1, -0.05) is 140 Å². The largest absolute Gasteiger partial charge is 0.237 e. The van der Waals surface area contributed by atoms with Gasteiger partial charge in [0.1, 0.15) is 4.83 Å². The lowest BCUT2D eigenvalue weighted by Gasteiger charge is -2.18. The van der Waals surface area contributed by atoms with E-state index >= 15 is 0 Å². The summed E-state index contributed by atoms with van der Waals surface area (Å²) in [6, 6.07) is 54.9. The number of fused-ring (bicyclic) bond motifs is 6. The van der Waals surface area contributed by atoms with Crippen LogP contribution in [0.25, 0.3) is 86.1 Å². The summed E-state index contributed by atoms with van der Waals surface area (Å²) in [7, 11) is 0. The topological polar surface area (TPSA) is 12.9 Å². The minimum absolute atomic E-state index is 1.04. The van der Waals surface area contributed by atoms with E-state index in [4.69, 9.17) is 4.98 Å². The first kappa shape index (κ1) is 24.3. The van der Waals surface area contributed by atoms with Gasteiger partial charge in [-0.3, -0.25) is 0 Å². The highest BCUT2D eigenvalue weighted by molar-refractivity contribution is 7.25. The van der Waals surface area contributed by atoms with Gasteiger partial charge < -0.3 is 0 Å². The third-order valence-corrected chi connectivity index (χ3v) is 9.74. The van der Waals surface area contributed by atoms with E-state index in [0.717, 1.165) is 10.3 Å². The number of thiophene rings is 1. The fraction of sp³-hybridized carbons (Fsp3) is 0. The Hall–Kier alpha value is -5.31. The quantitative estimate of drug-likeness (QED) is 0.195. The minimum Gasteiger partial charge on any atom is -0.237 e. The molecule has 2 heterocycles. The van der Waals surface area contributed by atoms with Crippen LogP contribution in [0, 0.1) is 0 Å². The summed E-state index contributed by atoms with van der Waals surface area (Å²) in [5.41, 5.74) is 8.55. The number of aromatic nitrogens is 1. The van der Waals surface area contributed by atoms with Crippen molar-refractivity contribution in [1.29, 1.82) is 0 Å². The Labute approximate surface area is 253 Å². The lowest BCUT2D eigenvalue weighted by molar-refractivity contribution is 1.54. The van der Waals surface area contributed by atoms with Gasteiger partial charge in [0.15, 0.2) is 0 Å². The number of para-hydroxylation sites is 1. The molecular weight excluding hydrogens is 539 g/mol. The molecule has 0 aliphatic heterocycles. The van der Waals surface area contributed by atoms with Crippen LogP contribution in [-0.4, -0.2) is 4.98 Å². The van der Waals surface area contributed by atoms with Crippen molar-refractivity contribution in [3.63, 3.8) is 0 Å². The summed E-state index contributed by atoms with van der Waals surface area (Å²) in [5.74, 6) is 0. The number of pyridine rings is 1. The van der Waals surface area contributed by atoms with Crippen LogP contribution in [-0.2, 0) is 0 Å². The second-order valence-electron chi connectivity index (χ2n) is 11.1. The van der Waals surface area contributed by atoms with E-state index in [0.29, 0.717) is 0 Å². The molecule has 0 unspecified atom stereocenters. The Morgan fingerprint density at radius 3 is 1.40 bits per heavy atom. The summed E-state index contributed by atoms with van der Waals surface area (Å²) < 4.78 is 1.27. The summed E-state index contributed by atoms with van der Waals surface area (Å²) >= 11 is 1.78. The van der Waals surface area contributed by atoms with E-state index < -0.39 is 0 Å². The first-order valence-electron chi connectivity index (χ1n) is 14.6. The van der Waals surface area contributed by atoms with Crippen LogP contribution < -0.4 is 0 Å². The maximum atomic E-state index is 5.09. The molecule has 0 fully saturated rings. The Balaban J connectivity index is 1.31. The van der Waals surface area contributed by atoms with Gasteiger partial charge in [-0.15, -0.1) is 11.3 Å². The van der Waals surface area contributed by atoms with E-state index in [1.807, 2.05) is 0 Å². The second-order valence-corrected chi connectivity index (χ2v) is 12.1. The zero-order valence-electron chi connectivity index (χ0n) is 23.3. The first-order valence-corrected chi connectivity index (χ1v) is 15.5. The normalized spacial score (nSPS) is 11.7. The Morgan fingerprint density at radius 1 is 0.349 bits per heavy atom. The van der Waals surface area contributed by atoms with Crippen molar-refractivity contribution >= 4 is 64.1 Å². The lowest BCUT2D eigenvalue weighted by Crippen LogP contribution is -1.91. The van der Waals surface area contributed by atoms with Crippen molar-refractivity contribution in [3.8, 4) is 33.4 Å². The Bertz CT molecular complexity index is 2430. The molecule has 0 N–H and O–H groups in total. The zero-order valence-corrected chi connectivity index (χ0v) is 24.1. The molecule has 0 amide bonds. The summed E-state index contributed by atoms with van der Waals surface area (Å²) in [5, 5.41) is 8.80. The molecule has 0 spiro atoms. The average molecular weight is 564 g/mol. The molecule has 0 saturated carbocycles. The molecule has 1 nitrogen and oxygen atoms in total. The Morgan fingerprint density at radius 2 is 0.791 bits per heavy atom. The molecule has 0 radical (unpaired) electrons. The highest BCUT2D eigenvalue weighted by Gasteiger charge is 2.18. The van der Waals surface area contributed by atoms with Gasteiger partial charge in [-0.2, -0.15) is 0 Å². The molecule has 0 aliphatic rings. The molecule has 0 aliphatic carbocycles. The van der Waals surface area contributed by atoms with Gasteiger partial charge in [0, 0.05) is 26.4 Å². The van der Waals surface area contributed by atoms with Crippen LogP contribution in [0.1, 0.15) is 0 Å².